The summed E-state index contributed by atoms with van der Waals surface area (Å²) in [5.41, 5.74) is 1.24. The summed E-state index contributed by atoms with van der Waals surface area (Å²) in [6.45, 7) is -0.461. The number of nitrogens with zero attached hydrogens (tertiary/aromatic N) is 3. The maximum Gasteiger partial charge on any atom is 0.331 e. The van der Waals surface area contributed by atoms with Crippen molar-refractivity contribution in [3.8, 4) is 17.2 Å². The summed E-state index contributed by atoms with van der Waals surface area (Å²) in [5, 5.41) is 7.36. The van der Waals surface area contributed by atoms with Gasteiger partial charge in [-0.1, -0.05) is 12.1 Å². The van der Waals surface area contributed by atoms with Crippen LogP contribution in [0.1, 0.15) is 20.7 Å². The van der Waals surface area contributed by atoms with E-state index in [1.165, 1.54) is 6.39 Å². The second-order valence-corrected chi connectivity index (χ2v) is 5.48. The molecule has 0 atom stereocenters. The van der Waals surface area contributed by atoms with Gasteiger partial charge in [-0.3, -0.25) is 14.5 Å². The van der Waals surface area contributed by atoms with Crippen molar-refractivity contribution in [2.45, 2.75) is 0 Å². The van der Waals surface area contributed by atoms with E-state index in [9.17, 15) is 14.4 Å². The van der Waals surface area contributed by atoms with Crippen LogP contribution >= 0.6 is 0 Å². The Morgan fingerprint density at radius 1 is 1.00 bits per heavy atom. The van der Waals surface area contributed by atoms with Crippen molar-refractivity contribution in [1.29, 1.82) is 0 Å². The minimum absolute atomic E-state index is 0.273. The molecule has 0 radical (unpaired) electrons. The number of rotatable bonds is 4. The maximum absolute atomic E-state index is 12.2. The Kier molecular flexibility index (Phi) is 3.77. The summed E-state index contributed by atoms with van der Waals surface area (Å²) >= 11 is 0. The second kappa shape index (κ2) is 6.25. The first-order chi connectivity index (χ1) is 12.6. The number of carbonyl (C=O) groups is 3. The molecule has 1 aromatic heterocycles. The Bertz CT molecular complexity index is 961. The fourth-order valence-electron chi connectivity index (χ4n) is 2.64. The van der Waals surface area contributed by atoms with Gasteiger partial charge in [-0.15, -0.1) is 10.2 Å². The Balaban J connectivity index is 1.43. The van der Waals surface area contributed by atoms with Crippen LogP contribution in [0.2, 0.25) is 0 Å². The molecule has 8 nitrogen and oxygen atoms in total. The number of aromatic nitrogens is 2. The summed E-state index contributed by atoms with van der Waals surface area (Å²) < 4.78 is 10.3. The number of hydrogen-bond acceptors (Lipinski definition) is 7. The van der Waals surface area contributed by atoms with Gasteiger partial charge in [-0.2, -0.15) is 0 Å². The Labute approximate surface area is 147 Å². The topological polar surface area (TPSA) is 103 Å². The van der Waals surface area contributed by atoms with E-state index >= 15 is 0 Å². The van der Waals surface area contributed by atoms with Crippen LogP contribution in [0, 0.1) is 0 Å². The highest BCUT2D eigenvalue weighted by Crippen LogP contribution is 2.23. The Morgan fingerprint density at radius 2 is 1.65 bits per heavy atom. The molecule has 0 unspecified atom stereocenters. The number of ether oxygens (including phenoxy) is 1. The van der Waals surface area contributed by atoms with Crippen molar-refractivity contribution in [1.82, 2.24) is 15.1 Å². The van der Waals surface area contributed by atoms with Crippen LogP contribution in [-0.4, -0.2) is 39.4 Å². The van der Waals surface area contributed by atoms with Gasteiger partial charge in [0.15, 0.2) is 0 Å². The first-order valence-electron chi connectivity index (χ1n) is 7.66. The molecule has 2 aromatic carbocycles. The van der Waals surface area contributed by atoms with Gasteiger partial charge in [0.2, 0.25) is 12.3 Å². The third kappa shape index (κ3) is 2.73. The molecule has 0 bridgehead atoms. The van der Waals surface area contributed by atoms with Gasteiger partial charge in [0, 0.05) is 5.56 Å². The van der Waals surface area contributed by atoms with E-state index < -0.39 is 24.3 Å². The molecule has 8 heteroatoms. The Hall–Kier alpha value is -3.81. The average molecular weight is 349 g/mol. The summed E-state index contributed by atoms with van der Waals surface area (Å²) in [4.78, 5) is 37.5. The molecule has 0 saturated heterocycles. The first kappa shape index (κ1) is 15.7. The molecule has 0 saturated carbocycles. The lowest BCUT2D eigenvalue weighted by Gasteiger charge is -2.12. The van der Waals surface area contributed by atoms with E-state index in [0.717, 1.165) is 4.90 Å². The van der Waals surface area contributed by atoms with Crippen LogP contribution < -0.4 is 4.74 Å². The molecule has 2 amide bonds. The molecule has 0 N–H and O–H groups in total. The fourth-order valence-corrected chi connectivity index (χ4v) is 2.64. The van der Waals surface area contributed by atoms with E-state index in [1.807, 2.05) is 0 Å². The number of fused-ring (bicyclic) bond motifs is 1. The van der Waals surface area contributed by atoms with Crippen LogP contribution in [0.15, 0.2) is 59.3 Å². The number of benzene rings is 2. The van der Waals surface area contributed by atoms with Crippen LogP contribution in [0.25, 0.3) is 11.5 Å². The van der Waals surface area contributed by atoms with E-state index in [-0.39, 0.29) is 16.9 Å². The van der Waals surface area contributed by atoms with Crippen LogP contribution in [0.4, 0.5) is 0 Å². The van der Waals surface area contributed by atoms with Gasteiger partial charge in [0.05, 0.1) is 11.1 Å². The minimum atomic E-state index is -0.718. The zero-order valence-corrected chi connectivity index (χ0v) is 13.3. The van der Waals surface area contributed by atoms with Crippen molar-refractivity contribution >= 4 is 17.8 Å². The van der Waals surface area contributed by atoms with Gasteiger partial charge >= 0.3 is 5.97 Å². The highest BCUT2D eigenvalue weighted by molar-refractivity contribution is 6.22. The quantitative estimate of drug-likeness (QED) is 0.403. The molecule has 0 fully saturated rings. The van der Waals surface area contributed by atoms with E-state index in [2.05, 4.69) is 10.2 Å². The van der Waals surface area contributed by atoms with Gasteiger partial charge in [0.25, 0.3) is 11.8 Å². The van der Waals surface area contributed by atoms with Crippen molar-refractivity contribution < 1.29 is 23.5 Å². The predicted molar refractivity (Wildman–Crippen MR) is 87.2 cm³/mol. The second-order valence-electron chi connectivity index (χ2n) is 5.48. The van der Waals surface area contributed by atoms with Crippen molar-refractivity contribution in [2.75, 3.05) is 6.54 Å². The first-order valence-corrected chi connectivity index (χ1v) is 7.66. The number of carbonyl (C=O) groups excluding carboxylic acids is 3. The molecule has 2 heterocycles. The summed E-state index contributed by atoms with van der Waals surface area (Å²) in [6, 6.07) is 12.8. The van der Waals surface area contributed by atoms with Crippen LogP contribution in [0.3, 0.4) is 0 Å². The summed E-state index contributed by atoms with van der Waals surface area (Å²) in [6.07, 6.45) is 1.21. The van der Waals surface area contributed by atoms with Crippen LogP contribution in [0.5, 0.6) is 5.75 Å². The monoisotopic (exact) mass is 349 g/mol. The number of imide groups is 1. The van der Waals surface area contributed by atoms with E-state index in [4.69, 9.17) is 9.15 Å². The predicted octanol–water partition coefficient (Wildman–Crippen LogP) is 1.94. The Morgan fingerprint density at radius 3 is 2.23 bits per heavy atom. The van der Waals surface area contributed by atoms with E-state index in [1.54, 1.807) is 48.5 Å². The largest absolute Gasteiger partial charge is 0.425 e. The van der Waals surface area contributed by atoms with Gasteiger partial charge < -0.3 is 9.15 Å². The molecule has 1 aliphatic rings. The fraction of sp³-hybridized carbons (Fsp3) is 0.0556. The third-order valence-electron chi connectivity index (χ3n) is 3.86. The molecule has 1 aliphatic heterocycles. The normalized spacial score (nSPS) is 13.0. The van der Waals surface area contributed by atoms with Crippen molar-refractivity contribution in [3.05, 3.63) is 66.1 Å². The highest BCUT2D eigenvalue weighted by Gasteiger charge is 2.36. The van der Waals surface area contributed by atoms with Crippen molar-refractivity contribution in [2.24, 2.45) is 0 Å². The summed E-state index contributed by atoms with van der Waals surface area (Å²) in [5.74, 6) is -1.11. The average Bonchev–Trinajstić information content (AvgIpc) is 3.27. The van der Waals surface area contributed by atoms with Gasteiger partial charge in [0.1, 0.15) is 12.3 Å². The molecular weight excluding hydrogens is 338 g/mol. The number of esters is 1. The van der Waals surface area contributed by atoms with Crippen LogP contribution in [-0.2, 0) is 4.79 Å². The third-order valence-corrected chi connectivity index (χ3v) is 3.86. The van der Waals surface area contributed by atoms with E-state index in [0.29, 0.717) is 11.5 Å². The molecule has 26 heavy (non-hydrogen) atoms. The maximum atomic E-state index is 12.2. The molecule has 4 rings (SSSR count). The molecule has 128 valence electrons. The molecule has 3 aromatic rings. The van der Waals surface area contributed by atoms with Gasteiger partial charge in [-0.25, -0.2) is 4.79 Å². The smallest absolute Gasteiger partial charge is 0.331 e. The zero-order valence-electron chi connectivity index (χ0n) is 13.3. The molecular formula is C18H11N3O5. The highest BCUT2D eigenvalue weighted by atomic mass is 16.5. The number of amides is 2. The lowest BCUT2D eigenvalue weighted by molar-refractivity contribution is -0.134. The SMILES string of the molecule is O=C(CN1C(=O)c2ccccc2C1=O)Oc1ccc(-c2nnco2)cc1. The summed E-state index contributed by atoms with van der Waals surface area (Å²) in [7, 11) is 0. The molecule has 0 aliphatic carbocycles. The van der Waals surface area contributed by atoms with Gasteiger partial charge in [-0.05, 0) is 36.4 Å². The molecule has 0 spiro atoms. The zero-order chi connectivity index (χ0) is 18.1. The lowest BCUT2D eigenvalue weighted by atomic mass is 10.1. The number of hydrogen-bond donors (Lipinski definition) is 0. The lowest BCUT2D eigenvalue weighted by Crippen LogP contribution is -2.36. The standard InChI is InChI=1S/C18H11N3O5/c22-15(9-21-17(23)13-3-1-2-4-14(13)18(21)24)26-12-7-5-11(6-8-12)16-20-19-10-25-16/h1-8,10H,9H2. The van der Waals surface area contributed by atoms with Crippen molar-refractivity contribution in [3.63, 3.8) is 0 Å². The minimum Gasteiger partial charge on any atom is -0.425 e.